The summed E-state index contributed by atoms with van der Waals surface area (Å²) in [5, 5.41) is 4.17. The Morgan fingerprint density at radius 2 is 1.91 bits per heavy atom. The summed E-state index contributed by atoms with van der Waals surface area (Å²) in [5.41, 5.74) is 2.11. The summed E-state index contributed by atoms with van der Waals surface area (Å²) < 4.78 is 28.5. The molecular weight excluding hydrogens is 298 g/mol. The zero-order chi connectivity index (χ0) is 15.6. The van der Waals surface area contributed by atoms with Gasteiger partial charge in [-0.05, 0) is 37.0 Å². The van der Waals surface area contributed by atoms with Crippen molar-refractivity contribution < 1.29 is 8.42 Å². The number of hydrogen-bond donors (Lipinski definition) is 1. The monoisotopic (exact) mass is 319 g/mol. The highest BCUT2D eigenvalue weighted by Crippen LogP contribution is 2.38. The molecule has 0 unspecified atom stereocenters. The summed E-state index contributed by atoms with van der Waals surface area (Å²) in [5.74, 6) is 0. The molecule has 22 heavy (non-hydrogen) atoms. The minimum Gasteiger partial charge on any atom is -0.268 e. The molecular formula is C16H21N3O2S. The molecule has 2 aromatic rings. The number of aromatic nitrogens is 2. The number of rotatable bonds is 6. The van der Waals surface area contributed by atoms with Crippen LogP contribution >= 0.6 is 0 Å². The summed E-state index contributed by atoms with van der Waals surface area (Å²) in [7, 11) is -3.24. The lowest BCUT2D eigenvalue weighted by Crippen LogP contribution is -2.48. The number of benzene rings is 1. The quantitative estimate of drug-likeness (QED) is 0.888. The number of nitrogens with one attached hydrogen (secondary N) is 1. The van der Waals surface area contributed by atoms with Crippen LogP contribution in [0.25, 0.3) is 0 Å². The molecule has 0 amide bonds. The molecule has 0 spiro atoms. The number of sulfonamides is 1. The summed E-state index contributed by atoms with van der Waals surface area (Å²) in [6.45, 7) is 2.89. The largest absolute Gasteiger partial charge is 0.268 e. The van der Waals surface area contributed by atoms with Gasteiger partial charge in [0.05, 0.1) is 11.3 Å². The molecule has 1 saturated carbocycles. The minimum absolute atomic E-state index is 0.347. The van der Waals surface area contributed by atoms with Gasteiger partial charge in [-0.25, -0.2) is 13.1 Å². The molecule has 1 aromatic carbocycles. The van der Waals surface area contributed by atoms with E-state index in [-0.39, 0.29) is 0 Å². The Kier molecular flexibility index (Phi) is 4.06. The molecule has 0 bridgehead atoms. The zero-order valence-corrected chi connectivity index (χ0v) is 13.5. The van der Waals surface area contributed by atoms with Gasteiger partial charge in [-0.3, -0.25) is 4.68 Å². The predicted molar refractivity (Wildman–Crippen MR) is 85.8 cm³/mol. The first-order chi connectivity index (χ1) is 10.5. The van der Waals surface area contributed by atoms with Crippen molar-refractivity contribution in [2.45, 2.75) is 44.0 Å². The van der Waals surface area contributed by atoms with Crippen molar-refractivity contribution >= 4 is 10.0 Å². The lowest BCUT2D eigenvalue weighted by molar-refractivity contribution is 0.358. The fraction of sp³-hybridized carbons (Fsp3) is 0.438. The highest BCUT2D eigenvalue weighted by molar-refractivity contribution is 7.90. The van der Waals surface area contributed by atoms with Crippen LogP contribution in [0.2, 0.25) is 0 Å². The topological polar surface area (TPSA) is 64.0 Å². The van der Waals surface area contributed by atoms with E-state index < -0.39 is 14.8 Å². The van der Waals surface area contributed by atoms with Gasteiger partial charge in [-0.2, -0.15) is 5.10 Å². The van der Waals surface area contributed by atoms with Gasteiger partial charge in [-0.1, -0.05) is 30.7 Å². The van der Waals surface area contributed by atoms with Crippen LogP contribution in [0, 0.1) is 0 Å². The highest BCUT2D eigenvalue weighted by Gasteiger charge is 2.44. The Morgan fingerprint density at radius 3 is 2.45 bits per heavy atom. The van der Waals surface area contributed by atoms with E-state index in [9.17, 15) is 8.42 Å². The standard InChI is InChI=1S/C16H21N3O2S/c1-16(8-2-9-16)22(20,21)18-12-14-4-6-15(7-5-14)13-19-11-3-10-17-19/h3-7,10-11,18H,2,8-9,12-13H2,1H3. The Hall–Kier alpha value is -1.66. The second-order valence-electron chi connectivity index (χ2n) is 6.15. The van der Waals surface area contributed by atoms with Crippen LogP contribution in [-0.2, 0) is 23.1 Å². The van der Waals surface area contributed by atoms with Crippen LogP contribution in [0.1, 0.15) is 37.3 Å². The van der Waals surface area contributed by atoms with Gasteiger partial charge in [0.2, 0.25) is 10.0 Å². The third-order valence-electron chi connectivity index (χ3n) is 4.45. The molecule has 1 aliphatic carbocycles. The number of hydrogen-bond acceptors (Lipinski definition) is 3. The fourth-order valence-electron chi connectivity index (χ4n) is 2.64. The molecule has 5 nitrogen and oxygen atoms in total. The molecule has 1 aromatic heterocycles. The van der Waals surface area contributed by atoms with Crippen molar-refractivity contribution in [2.75, 3.05) is 0 Å². The van der Waals surface area contributed by atoms with Crippen molar-refractivity contribution in [2.24, 2.45) is 0 Å². The van der Waals surface area contributed by atoms with E-state index in [1.54, 1.807) is 6.20 Å². The van der Waals surface area contributed by atoms with Crippen molar-refractivity contribution in [3.63, 3.8) is 0 Å². The maximum atomic E-state index is 12.3. The van der Waals surface area contributed by atoms with Crippen LogP contribution in [0.5, 0.6) is 0 Å². The van der Waals surface area contributed by atoms with E-state index in [4.69, 9.17) is 0 Å². The number of nitrogens with zero attached hydrogens (tertiary/aromatic N) is 2. The summed E-state index contributed by atoms with van der Waals surface area (Å²) in [6.07, 6.45) is 6.18. The van der Waals surface area contributed by atoms with Crippen molar-refractivity contribution in [3.05, 3.63) is 53.9 Å². The first kappa shape index (κ1) is 15.2. The Labute approximate surface area is 131 Å². The normalized spacial score (nSPS) is 17.1. The molecule has 1 aliphatic rings. The molecule has 3 rings (SSSR count). The Morgan fingerprint density at radius 1 is 1.23 bits per heavy atom. The zero-order valence-electron chi connectivity index (χ0n) is 12.7. The van der Waals surface area contributed by atoms with Gasteiger partial charge in [0.25, 0.3) is 0 Å². The van der Waals surface area contributed by atoms with Gasteiger partial charge in [-0.15, -0.1) is 0 Å². The summed E-state index contributed by atoms with van der Waals surface area (Å²) in [6, 6.07) is 9.84. The molecule has 0 aliphatic heterocycles. The molecule has 0 radical (unpaired) electrons. The van der Waals surface area contributed by atoms with Crippen LogP contribution in [-0.4, -0.2) is 22.9 Å². The van der Waals surface area contributed by atoms with E-state index in [2.05, 4.69) is 9.82 Å². The highest BCUT2D eigenvalue weighted by atomic mass is 32.2. The summed E-state index contributed by atoms with van der Waals surface area (Å²) >= 11 is 0. The lowest BCUT2D eigenvalue weighted by Gasteiger charge is -2.37. The predicted octanol–water partition coefficient (Wildman–Crippen LogP) is 2.29. The van der Waals surface area contributed by atoms with Gasteiger partial charge in [0.1, 0.15) is 0 Å². The molecule has 0 saturated heterocycles. The molecule has 1 heterocycles. The molecule has 6 heteroatoms. The molecule has 118 valence electrons. The third-order valence-corrected chi connectivity index (χ3v) is 6.68. The van der Waals surface area contributed by atoms with Gasteiger partial charge in [0, 0.05) is 18.9 Å². The fourth-order valence-corrected chi connectivity index (χ4v) is 4.17. The SMILES string of the molecule is CC1(S(=O)(=O)NCc2ccc(Cn3cccn3)cc2)CCC1. The average Bonchev–Trinajstić information content (AvgIpc) is 2.97. The van der Waals surface area contributed by atoms with E-state index in [0.29, 0.717) is 6.54 Å². The molecule has 1 N–H and O–H groups in total. The second-order valence-corrected chi connectivity index (χ2v) is 8.43. The Bertz CT molecular complexity index is 717. The maximum Gasteiger partial charge on any atom is 0.217 e. The van der Waals surface area contributed by atoms with E-state index in [1.165, 1.54) is 0 Å². The minimum atomic E-state index is -3.24. The van der Waals surface area contributed by atoms with Gasteiger partial charge >= 0.3 is 0 Å². The smallest absolute Gasteiger partial charge is 0.217 e. The van der Waals surface area contributed by atoms with Crippen molar-refractivity contribution in [1.29, 1.82) is 0 Å². The van der Waals surface area contributed by atoms with E-state index in [0.717, 1.165) is 36.9 Å². The lowest BCUT2D eigenvalue weighted by atomic mass is 9.86. The van der Waals surface area contributed by atoms with E-state index in [1.807, 2.05) is 48.1 Å². The van der Waals surface area contributed by atoms with Gasteiger partial charge in [0.15, 0.2) is 0 Å². The summed E-state index contributed by atoms with van der Waals surface area (Å²) in [4.78, 5) is 0. The molecule has 0 atom stereocenters. The van der Waals surface area contributed by atoms with Crippen LogP contribution in [0.3, 0.4) is 0 Å². The van der Waals surface area contributed by atoms with Gasteiger partial charge < -0.3 is 0 Å². The van der Waals surface area contributed by atoms with Crippen LogP contribution < -0.4 is 4.72 Å². The maximum absolute atomic E-state index is 12.3. The van der Waals surface area contributed by atoms with Crippen LogP contribution in [0.4, 0.5) is 0 Å². The third kappa shape index (κ3) is 3.08. The van der Waals surface area contributed by atoms with E-state index >= 15 is 0 Å². The first-order valence-electron chi connectivity index (χ1n) is 7.53. The van der Waals surface area contributed by atoms with Crippen molar-refractivity contribution in [1.82, 2.24) is 14.5 Å². The van der Waals surface area contributed by atoms with Crippen molar-refractivity contribution in [3.8, 4) is 0 Å². The van der Waals surface area contributed by atoms with Crippen LogP contribution in [0.15, 0.2) is 42.7 Å². The second kappa shape index (κ2) is 5.85. The average molecular weight is 319 g/mol. The molecule has 1 fully saturated rings. The first-order valence-corrected chi connectivity index (χ1v) is 9.01. The Balaban J connectivity index is 1.59.